The third kappa shape index (κ3) is 5.59. The van der Waals surface area contributed by atoms with Crippen LogP contribution < -0.4 is 20.1 Å². The number of hydrogen-bond acceptors (Lipinski definition) is 5. The molecule has 156 valence electrons. The van der Waals surface area contributed by atoms with Crippen LogP contribution in [-0.4, -0.2) is 39.9 Å². The Bertz CT molecular complexity index is 973. The molecule has 0 unspecified atom stereocenters. The maximum atomic E-state index is 13.0. The molecule has 0 radical (unpaired) electrons. The molecular weight excluding hydrogens is 410 g/mol. The van der Waals surface area contributed by atoms with Gasteiger partial charge in [-0.15, -0.1) is 0 Å². The van der Waals surface area contributed by atoms with Crippen LogP contribution in [0.2, 0.25) is 0 Å². The van der Waals surface area contributed by atoms with Crippen LogP contribution >= 0.6 is 12.2 Å². The van der Waals surface area contributed by atoms with Crippen LogP contribution in [-0.2, 0) is 14.8 Å². The van der Waals surface area contributed by atoms with Gasteiger partial charge in [-0.05, 0) is 61.8 Å². The number of methoxy groups -OCH3 is 1. The number of thiocarbonyl (C=S) groups is 1. The smallest absolute Gasteiger partial charge is 0.262 e. The molecule has 1 heterocycles. The van der Waals surface area contributed by atoms with Gasteiger partial charge in [-0.25, -0.2) is 8.42 Å². The van der Waals surface area contributed by atoms with Crippen molar-refractivity contribution < 1.29 is 17.9 Å². The Labute approximate surface area is 176 Å². The number of nitrogens with one attached hydrogen (secondary N) is 3. The van der Waals surface area contributed by atoms with Crippen molar-refractivity contribution in [3.8, 4) is 5.75 Å². The van der Waals surface area contributed by atoms with E-state index in [1.165, 1.54) is 7.11 Å². The van der Waals surface area contributed by atoms with Crippen LogP contribution in [0, 0.1) is 6.92 Å². The fourth-order valence-electron chi connectivity index (χ4n) is 3.08. The van der Waals surface area contributed by atoms with Gasteiger partial charge >= 0.3 is 0 Å². The predicted octanol–water partition coefficient (Wildman–Crippen LogP) is 3.27. The molecule has 7 nitrogen and oxygen atoms in total. The second-order valence-corrected chi connectivity index (χ2v) is 8.82. The number of benzene rings is 2. The van der Waals surface area contributed by atoms with E-state index < -0.39 is 10.0 Å². The lowest BCUT2D eigenvalue weighted by Gasteiger charge is -2.16. The van der Waals surface area contributed by atoms with Gasteiger partial charge < -0.3 is 20.1 Å². The van der Waals surface area contributed by atoms with Crippen LogP contribution in [0.4, 0.5) is 11.4 Å². The molecule has 1 aliphatic heterocycles. The van der Waals surface area contributed by atoms with E-state index in [4.69, 9.17) is 21.7 Å². The molecule has 0 amide bonds. The summed E-state index contributed by atoms with van der Waals surface area (Å²) < 4.78 is 39.3. The van der Waals surface area contributed by atoms with Crippen molar-refractivity contribution in [2.75, 3.05) is 30.3 Å². The molecule has 2 aromatic rings. The van der Waals surface area contributed by atoms with Gasteiger partial charge in [0.2, 0.25) is 0 Å². The minimum atomic E-state index is -3.81. The summed E-state index contributed by atoms with van der Waals surface area (Å²) in [5.74, 6) is 0.447. The highest BCUT2D eigenvalue weighted by Crippen LogP contribution is 2.28. The van der Waals surface area contributed by atoms with Gasteiger partial charge in [0.1, 0.15) is 5.75 Å². The van der Waals surface area contributed by atoms with E-state index in [1.54, 1.807) is 49.4 Å². The largest absolute Gasteiger partial charge is 0.495 e. The number of aryl methyl sites for hydroxylation is 1. The molecule has 3 rings (SSSR count). The standard InChI is InChI=1S/C20H25N3O4S2/c1-14-9-10-15(22-20(28)21-13-16-6-5-11-27-16)12-19(14)29(24,25)23-17-7-3-4-8-18(17)26-2/h3-4,7-10,12,16,23H,5-6,11,13H2,1-2H3,(H2,21,22,28)/t16-/m1/s1. The van der Waals surface area contributed by atoms with E-state index in [2.05, 4.69) is 15.4 Å². The average Bonchev–Trinajstić information content (AvgIpc) is 3.21. The SMILES string of the molecule is COc1ccccc1NS(=O)(=O)c1cc(NC(=S)NC[C@H]2CCCO2)ccc1C. The van der Waals surface area contributed by atoms with Crippen LogP contribution in [0.15, 0.2) is 47.4 Å². The van der Waals surface area contributed by atoms with Crippen LogP contribution in [0.1, 0.15) is 18.4 Å². The van der Waals surface area contributed by atoms with E-state index in [0.29, 0.717) is 34.3 Å². The molecule has 2 aromatic carbocycles. The molecule has 3 N–H and O–H groups in total. The maximum absolute atomic E-state index is 13.0. The van der Waals surface area contributed by atoms with Crippen LogP contribution in [0.3, 0.4) is 0 Å². The summed E-state index contributed by atoms with van der Waals surface area (Å²) in [4.78, 5) is 0.162. The number of anilines is 2. The molecule has 9 heteroatoms. The highest BCUT2D eigenvalue weighted by Gasteiger charge is 2.20. The Balaban J connectivity index is 1.72. The first-order valence-corrected chi connectivity index (χ1v) is 11.2. The van der Waals surface area contributed by atoms with Crippen molar-refractivity contribution in [1.82, 2.24) is 5.32 Å². The fourth-order valence-corrected chi connectivity index (χ4v) is 4.63. The van der Waals surface area contributed by atoms with Gasteiger partial charge in [-0.3, -0.25) is 4.72 Å². The number of ether oxygens (including phenoxy) is 2. The molecule has 1 aliphatic rings. The zero-order valence-corrected chi connectivity index (χ0v) is 18.0. The zero-order valence-electron chi connectivity index (χ0n) is 16.4. The summed E-state index contributed by atoms with van der Waals surface area (Å²) in [6.45, 7) is 3.15. The number of rotatable bonds is 7. The van der Waals surface area contributed by atoms with Gasteiger partial charge in [0, 0.05) is 18.8 Å². The number of para-hydroxylation sites is 2. The summed E-state index contributed by atoms with van der Waals surface area (Å²) >= 11 is 5.32. The lowest BCUT2D eigenvalue weighted by Crippen LogP contribution is -2.34. The molecule has 0 spiro atoms. The number of sulfonamides is 1. The molecule has 1 fully saturated rings. The molecule has 29 heavy (non-hydrogen) atoms. The Morgan fingerprint density at radius 1 is 1.28 bits per heavy atom. The second kappa shape index (κ2) is 9.43. The second-order valence-electron chi connectivity index (χ2n) is 6.76. The topological polar surface area (TPSA) is 88.7 Å². The minimum Gasteiger partial charge on any atom is -0.495 e. The van der Waals surface area contributed by atoms with Crippen molar-refractivity contribution in [3.05, 3.63) is 48.0 Å². The highest BCUT2D eigenvalue weighted by atomic mass is 32.2. The van der Waals surface area contributed by atoms with Crippen molar-refractivity contribution >= 4 is 38.7 Å². The quantitative estimate of drug-likeness (QED) is 0.575. The summed E-state index contributed by atoms with van der Waals surface area (Å²) in [6, 6.07) is 12.0. The third-order valence-electron chi connectivity index (χ3n) is 4.60. The van der Waals surface area contributed by atoms with E-state index in [0.717, 1.165) is 19.4 Å². The molecule has 0 bridgehead atoms. The predicted molar refractivity (Wildman–Crippen MR) is 118 cm³/mol. The number of hydrogen-bond donors (Lipinski definition) is 3. The Morgan fingerprint density at radius 2 is 2.07 bits per heavy atom. The molecule has 0 aliphatic carbocycles. The fraction of sp³-hybridized carbons (Fsp3) is 0.350. The Kier molecular flexibility index (Phi) is 6.94. The summed E-state index contributed by atoms with van der Waals surface area (Å²) in [5.41, 5.74) is 1.58. The van der Waals surface area contributed by atoms with E-state index >= 15 is 0 Å². The average molecular weight is 436 g/mol. The van der Waals surface area contributed by atoms with Gasteiger partial charge in [0.15, 0.2) is 5.11 Å². The first-order chi connectivity index (χ1) is 13.9. The van der Waals surface area contributed by atoms with E-state index in [1.807, 2.05) is 0 Å². The van der Waals surface area contributed by atoms with Gasteiger partial charge in [-0.1, -0.05) is 18.2 Å². The van der Waals surface area contributed by atoms with Crippen LogP contribution in [0.25, 0.3) is 0 Å². The van der Waals surface area contributed by atoms with Gasteiger partial charge in [-0.2, -0.15) is 0 Å². The summed E-state index contributed by atoms with van der Waals surface area (Å²) in [5, 5.41) is 6.58. The van der Waals surface area contributed by atoms with Crippen molar-refractivity contribution in [1.29, 1.82) is 0 Å². The first-order valence-electron chi connectivity index (χ1n) is 9.32. The van der Waals surface area contributed by atoms with Gasteiger partial charge in [0.25, 0.3) is 10.0 Å². The molecule has 0 saturated carbocycles. The molecule has 1 atom stereocenters. The van der Waals surface area contributed by atoms with E-state index in [-0.39, 0.29) is 11.0 Å². The van der Waals surface area contributed by atoms with Crippen molar-refractivity contribution in [2.45, 2.75) is 30.8 Å². The lowest BCUT2D eigenvalue weighted by molar-refractivity contribution is 0.114. The third-order valence-corrected chi connectivity index (χ3v) is 6.36. The molecule has 0 aromatic heterocycles. The monoisotopic (exact) mass is 435 g/mol. The summed E-state index contributed by atoms with van der Waals surface area (Å²) in [6.07, 6.45) is 2.23. The minimum absolute atomic E-state index is 0.161. The molecule has 1 saturated heterocycles. The van der Waals surface area contributed by atoms with Gasteiger partial charge in [0.05, 0.1) is 23.8 Å². The Morgan fingerprint density at radius 3 is 2.79 bits per heavy atom. The highest BCUT2D eigenvalue weighted by molar-refractivity contribution is 7.92. The van der Waals surface area contributed by atoms with Crippen molar-refractivity contribution in [3.63, 3.8) is 0 Å². The first kappa shape index (κ1) is 21.4. The molecular formula is C20H25N3O4S2. The normalized spacial score (nSPS) is 16.3. The lowest BCUT2D eigenvalue weighted by atomic mass is 10.2. The van der Waals surface area contributed by atoms with Crippen molar-refractivity contribution in [2.24, 2.45) is 0 Å². The zero-order chi connectivity index (χ0) is 20.9. The Hall–Kier alpha value is -2.36. The maximum Gasteiger partial charge on any atom is 0.262 e. The van der Waals surface area contributed by atoms with Crippen LogP contribution in [0.5, 0.6) is 5.75 Å². The van der Waals surface area contributed by atoms with E-state index in [9.17, 15) is 8.42 Å². The summed E-state index contributed by atoms with van der Waals surface area (Å²) in [7, 11) is -2.32.